The van der Waals surface area contributed by atoms with E-state index in [2.05, 4.69) is 36.5 Å². The Hall–Kier alpha value is -2.66. The largest absolute Gasteiger partial charge is 0.489 e. The number of allylic oxidation sites excluding steroid dienone is 1. The molecule has 3 rings (SSSR count). The maximum atomic E-state index is 12.4. The van der Waals surface area contributed by atoms with Gasteiger partial charge in [0.15, 0.2) is 10.9 Å². The van der Waals surface area contributed by atoms with E-state index in [4.69, 9.17) is 17.0 Å². The van der Waals surface area contributed by atoms with Crippen molar-refractivity contribution in [1.29, 1.82) is 0 Å². The summed E-state index contributed by atoms with van der Waals surface area (Å²) in [4.78, 5) is 14.3. The maximum absolute atomic E-state index is 12.4. The summed E-state index contributed by atoms with van der Waals surface area (Å²) >= 11 is 5.52. The van der Waals surface area contributed by atoms with E-state index in [0.29, 0.717) is 11.7 Å². The van der Waals surface area contributed by atoms with Crippen molar-refractivity contribution in [3.05, 3.63) is 76.5 Å². The zero-order valence-electron chi connectivity index (χ0n) is 16.8. The number of aryl methyl sites for hydroxylation is 1. The van der Waals surface area contributed by atoms with E-state index in [1.807, 2.05) is 43.0 Å². The van der Waals surface area contributed by atoms with E-state index in [1.54, 1.807) is 6.92 Å². The van der Waals surface area contributed by atoms with Crippen molar-refractivity contribution >= 4 is 23.1 Å². The highest BCUT2D eigenvalue weighted by atomic mass is 32.1. The molecule has 1 aliphatic heterocycles. The molecule has 2 aromatic carbocycles. The average molecular weight is 395 g/mol. The lowest BCUT2D eigenvalue weighted by Crippen LogP contribution is -2.47. The number of hydrogen-bond donors (Lipinski definition) is 1. The van der Waals surface area contributed by atoms with E-state index >= 15 is 0 Å². The summed E-state index contributed by atoms with van der Waals surface area (Å²) in [5, 5.41) is 3.97. The monoisotopic (exact) mass is 394 g/mol. The number of hydrogen-bond acceptors (Lipinski definition) is 3. The van der Waals surface area contributed by atoms with Gasteiger partial charge in [-0.25, -0.2) is 0 Å². The number of carbonyl (C=O) groups excluding carboxylic acids is 1. The van der Waals surface area contributed by atoms with Crippen molar-refractivity contribution in [3.63, 3.8) is 0 Å². The van der Waals surface area contributed by atoms with Crippen molar-refractivity contribution in [2.24, 2.45) is 0 Å². The third-order valence-corrected chi connectivity index (χ3v) is 5.35. The minimum atomic E-state index is -0.268. The van der Waals surface area contributed by atoms with Crippen LogP contribution in [0.4, 0.5) is 0 Å². The van der Waals surface area contributed by atoms with Gasteiger partial charge in [-0.05, 0) is 63.2 Å². The standard InChI is InChI=1S/C23H26N2O2S/c1-5-25-16(3)21(17(4)26)22(24-23(25)28)19-7-6-8-20(13-19)27-14-18-11-9-15(2)10-12-18/h6-13,22H,5,14H2,1-4H3,(H,24,28). The molecule has 0 saturated heterocycles. The topological polar surface area (TPSA) is 41.6 Å². The molecule has 1 atom stereocenters. The van der Waals surface area contributed by atoms with Crippen LogP contribution in [0.15, 0.2) is 59.8 Å². The summed E-state index contributed by atoms with van der Waals surface area (Å²) in [6, 6.07) is 15.9. The van der Waals surface area contributed by atoms with Crippen LogP contribution >= 0.6 is 12.2 Å². The smallest absolute Gasteiger partial charge is 0.173 e. The van der Waals surface area contributed by atoms with Crippen LogP contribution < -0.4 is 10.1 Å². The number of carbonyl (C=O) groups is 1. The van der Waals surface area contributed by atoms with Crippen LogP contribution in [0.1, 0.15) is 43.5 Å². The first-order valence-corrected chi connectivity index (χ1v) is 9.89. The Morgan fingerprint density at radius 2 is 1.89 bits per heavy atom. The van der Waals surface area contributed by atoms with Gasteiger partial charge in [0, 0.05) is 17.8 Å². The molecule has 0 aromatic heterocycles. The van der Waals surface area contributed by atoms with Crippen LogP contribution in [-0.2, 0) is 11.4 Å². The SMILES string of the molecule is CCN1C(=S)NC(c2cccc(OCc3ccc(C)cc3)c2)C(C(C)=O)=C1C. The van der Waals surface area contributed by atoms with E-state index in [-0.39, 0.29) is 11.8 Å². The first-order chi connectivity index (χ1) is 13.4. The summed E-state index contributed by atoms with van der Waals surface area (Å²) in [6.45, 7) is 8.87. The van der Waals surface area contributed by atoms with Crippen LogP contribution in [0.2, 0.25) is 0 Å². The highest BCUT2D eigenvalue weighted by Gasteiger charge is 2.31. The molecule has 0 saturated carbocycles. The number of nitrogens with one attached hydrogen (secondary N) is 1. The lowest BCUT2D eigenvalue weighted by Gasteiger charge is -2.37. The van der Waals surface area contributed by atoms with Gasteiger partial charge >= 0.3 is 0 Å². The molecule has 0 spiro atoms. The van der Waals surface area contributed by atoms with Crippen LogP contribution in [0, 0.1) is 6.92 Å². The van der Waals surface area contributed by atoms with E-state index in [9.17, 15) is 4.79 Å². The van der Waals surface area contributed by atoms with Crippen molar-refractivity contribution in [1.82, 2.24) is 10.2 Å². The first-order valence-electron chi connectivity index (χ1n) is 9.48. The molecule has 1 heterocycles. The van der Waals surface area contributed by atoms with Crippen LogP contribution in [-0.4, -0.2) is 22.3 Å². The van der Waals surface area contributed by atoms with E-state index < -0.39 is 0 Å². The number of thiocarbonyl (C=S) groups is 1. The van der Waals surface area contributed by atoms with E-state index in [1.165, 1.54) is 5.56 Å². The zero-order valence-corrected chi connectivity index (χ0v) is 17.6. The Bertz CT molecular complexity index is 918. The molecule has 0 amide bonds. The van der Waals surface area contributed by atoms with Gasteiger partial charge in [0.2, 0.25) is 0 Å². The average Bonchev–Trinajstić information content (AvgIpc) is 2.67. The summed E-state index contributed by atoms with van der Waals surface area (Å²) in [6.07, 6.45) is 0. The Labute approximate surface area is 172 Å². The quantitative estimate of drug-likeness (QED) is 0.720. The summed E-state index contributed by atoms with van der Waals surface area (Å²) in [7, 11) is 0. The molecule has 1 unspecified atom stereocenters. The Morgan fingerprint density at radius 1 is 1.18 bits per heavy atom. The van der Waals surface area contributed by atoms with Gasteiger partial charge in [0.1, 0.15) is 12.4 Å². The molecule has 0 fully saturated rings. The first kappa shape index (κ1) is 20.1. The Balaban J connectivity index is 1.85. The van der Waals surface area contributed by atoms with Crippen molar-refractivity contribution in [2.75, 3.05) is 6.54 Å². The second-order valence-electron chi connectivity index (χ2n) is 7.03. The number of nitrogens with zero attached hydrogens (tertiary/aromatic N) is 1. The molecule has 4 nitrogen and oxygen atoms in total. The minimum absolute atomic E-state index is 0.0435. The summed E-state index contributed by atoms with van der Waals surface area (Å²) < 4.78 is 5.98. The third-order valence-electron chi connectivity index (χ3n) is 5.01. The summed E-state index contributed by atoms with van der Waals surface area (Å²) in [5.74, 6) is 0.811. The third kappa shape index (κ3) is 4.25. The van der Waals surface area contributed by atoms with Gasteiger partial charge < -0.3 is 15.0 Å². The van der Waals surface area contributed by atoms with Crippen molar-refractivity contribution in [2.45, 2.75) is 40.3 Å². The fourth-order valence-electron chi connectivity index (χ4n) is 3.50. The van der Waals surface area contributed by atoms with Crippen molar-refractivity contribution in [3.8, 4) is 5.75 Å². The predicted molar refractivity (Wildman–Crippen MR) is 116 cm³/mol. The molecule has 5 heteroatoms. The maximum Gasteiger partial charge on any atom is 0.173 e. The lowest BCUT2D eigenvalue weighted by atomic mass is 9.92. The van der Waals surface area contributed by atoms with Gasteiger partial charge in [-0.3, -0.25) is 4.79 Å². The molecule has 0 bridgehead atoms. The number of benzene rings is 2. The Kier molecular flexibility index (Phi) is 6.15. The molecule has 0 aliphatic carbocycles. The molecular weight excluding hydrogens is 368 g/mol. The molecule has 2 aromatic rings. The Morgan fingerprint density at radius 3 is 2.54 bits per heavy atom. The zero-order chi connectivity index (χ0) is 20.3. The van der Waals surface area contributed by atoms with Crippen LogP contribution in [0.3, 0.4) is 0 Å². The highest BCUT2D eigenvalue weighted by Crippen LogP contribution is 2.32. The second kappa shape index (κ2) is 8.57. The number of rotatable bonds is 6. The number of ketones is 1. The van der Waals surface area contributed by atoms with Gasteiger partial charge in [-0.15, -0.1) is 0 Å². The minimum Gasteiger partial charge on any atom is -0.489 e. The second-order valence-corrected chi connectivity index (χ2v) is 7.42. The van der Waals surface area contributed by atoms with Crippen LogP contribution in [0.5, 0.6) is 5.75 Å². The number of Topliss-reactive ketones (excluding diaryl/α,β-unsaturated/α-hetero) is 1. The van der Waals surface area contributed by atoms with E-state index in [0.717, 1.165) is 34.7 Å². The van der Waals surface area contributed by atoms with Gasteiger partial charge in [0.05, 0.1) is 6.04 Å². The summed E-state index contributed by atoms with van der Waals surface area (Å²) in [5.41, 5.74) is 4.96. The molecule has 1 aliphatic rings. The van der Waals surface area contributed by atoms with Gasteiger partial charge in [-0.2, -0.15) is 0 Å². The predicted octanol–water partition coefficient (Wildman–Crippen LogP) is 4.69. The van der Waals surface area contributed by atoms with Crippen molar-refractivity contribution < 1.29 is 9.53 Å². The number of ether oxygens (including phenoxy) is 1. The fraction of sp³-hybridized carbons (Fsp3) is 0.304. The van der Waals surface area contributed by atoms with Gasteiger partial charge in [0.25, 0.3) is 0 Å². The molecular formula is C23H26N2O2S. The fourth-order valence-corrected chi connectivity index (χ4v) is 3.89. The molecule has 146 valence electrons. The molecule has 28 heavy (non-hydrogen) atoms. The molecule has 0 radical (unpaired) electrons. The lowest BCUT2D eigenvalue weighted by molar-refractivity contribution is -0.114. The highest BCUT2D eigenvalue weighted by molar-refractivity contribution is 7.80. The normalized spacial score (nSPS) is 16.8. The van der Waals surface area contributed by atoms with Crippen LogP contribution in [0.25, 0.3) is 0 Å². The van der Waals surface area contributed by atoms with Gasteiger partial charge in [-0.1, -0.05) is 42.0 Å². The molecule has 1 N–H and O–H groups in total.